The van der Waals surface area contributed by atoms with E-state index in [0.717, 1.165) is 38.8 Å². The van der Waals surface area contributed by atoms with Crippen LogP contribution in [0.15, 0.2) is 36.0 Å². The van der Waals surface area contributed by atoms with Crippen molar-refractivity contribution < 1.29 is 13.9 Å². The number of carbonyl (C=O) groups excluding carboxylic acids is 1. The van der Waals surface area contributed by atoms with Crippen molar-refractivity contribution in [2.45, 2.75) is 49.8 Å². The van der Waals surface area contributed by atoms with E-state index in [1.165, 1.54) is 30.5 Å². The molecule has 166 valence electrons. The maximum atomic E-state index is 13.1. The number of nitriles is 1. The highest BCUT2D eigenvalue weighted by Crippen LogP contribution is 2.35. The largest absolute Gasteiger partial charge is 0.384 e. The SMILES string of the molecule is COC1CN(C2CCC(CC#N)(N/C=C(\C(=N)Nc3ccc(F)cc3)C(N)=O)CC2)C1. The number of rotatable bonds is 8. The van der Waals surface area contributed by atoms with E-state index in [-0.39, 0.29) is 11.4 Å². The van der Waals surface area contributed by atoms with Crippen LogP contribution in [0, 0.1) is 22.6 Å². The normalized spacial score (nSPS) is 24.7. The van der Waals surface area contributed by atoms with Crippen LogP contribution in [0.5, 0.6) is 0 Å². The maximum Gasteiger partial charge on any atom is 0.253 e. The molecule has 1 saturated carbocycles. The van der Waals surface area contributed by atoms with Crippen LogP contribution < -0.4 is 16.4 Å². The zero-order valence-electron chi connectivity index (χ0n) is 17.7. The van der Waals surface area contributed by atoms with Crippen molar-refractivity contribution in [2.24, 2.45) is 5.73 Å². The molecule has 2 aliphatic rings. The first-order chi connectivity index (χ1) is 14.9. The molecule has 1 aromatic carbocycles. The summed E-state index contributed by atoms with van der Waals surface area (Å²) in [6, 6.07) is 8.18. The predicted octanol–water partition coefficient (Wildman–Crippen LogP) is 2.10. The molecule has 0 atom stereocenters. The van der Waals surface area contributed by atoms with Crippen molar-refractivity contribution in [3.8, 4) is 6.07 Å². The van der Waals surface area contributed by atoms with Crippen molar-refractivity contribution in [2.75, 3.05) is 25.5 Å². The number of primary amides is 1. The molecule has 1 aliphatic carbocycles. The number of anilines is 1. The molecule has 8 nitrogen and oxygen atoms in total. The summed E-state index contributed by atoms with van der Waals surface area (Å²) in [7, 11) is 1.73. The second-order valence-corrected chi connectivity index (χ2v) is 8.23. The third-order valence-electron chi connectivity index (χ3n) is 6.23. The minimum absolute atomic E-state index is 0.0329. The van der Waals surface area contributed by atoms with Gasteiger partial charge in [0.1, 0.15) is 11.7 Å². The number of benzene rings is 1. The fraction of sp³-hybridized carbons (Fsp3) is 0.500. The third-order valence-corrected chi connectivity index (χ3v) is 6.23. The predicted molar refractivity (Wildman–Crippen MR) is 116 cm³/mol. The lowest BCUT2D eigenvalue weighted by atomic mass is 9.76. The quantitative estimate of drug-likeness (QED) is 0.285. The fourth-order valence-electron chi connectivity index (χ4n) is 4.20. The van der Waals surface area contributed by atoms with Gasteiger partial charge in [-0.3, -0.25) is 15.1 Å². The number of amidine groups is 1. The molecule has 31 heavy (non-hydrogen) atoms. The van der Waals surface area contributed by atoms with Crippen LogP contribution in [0.3, 0.4) is 0 Å². The molecule has 1 aliphatic heterocycles. The lowest BCUT2D eigenvalue weighted by Gasteiger charge is -2.48. The van der Waals surface area contributed by atoms with E-state index in [0.29, 0.717) is 24.3 Å². The summed E-state index contributed by atoms with van der Waals surface area (Å²) in [6.45, 7) is 1.88. The summed E-state index contributed by atoms with van der Waals surface area (Å²) < 4.78 is 18.4. The van der Waals surface area contributed by atoms with E-state index in [1.807, 2.05) is 0 Å². The van der Waals surface area contributed by atoms with Gasteiger partial charge in [-0.2, -0.15) is 5.26 Å². The van der Waals surface area contributed by atoms with Crippen molar-refractivity contribution in [1.82, 2.24) is 10.2 Å². The number of nitrogens with one attached hydrogen (secondary N) is 3. The van der Waals surface area contributed by atoms with Crippen LogP contribution in [0.1, 0.15) is 32.1 Å². The summed E-state index contributed by atoms with van der Waals surface area (Å²) in [4.78, 5) is 14.4. The maximum absolute atomic E-state index is 13.1. The molecule has 5 N–H and O–H groups in total. The topological polar surface area (TPSA) is 127 Å². The summed E-state index contributed by atoms with van der Waals surface area (Å²) in [6.07, 6.45) is 5.48. The molecule has 9 heteroatoms. The van der Waals surface area contributed by atoms with Gasteiger partial charge in [0.2, 0.25) is 0 Å². The summed E-state index contributed by atoms with van der Waals surface area (Å²) in [5.74, 6) is -1.35. The van der Waals surface area contributed by atoms with Gasteiger partial charge >= 0.3 is 0 Å². The second kappa shape index (κ2) is 9.90. The molecular weight excluding hydrogens is 399 g/mol. The summed E-state index contributed by atoms with van der Waals surface area (Å²) >= 11 is 0. The number of hydrogen-bond acceptors (Lipinski definition) is 6. The van der Waals surface area contributed by atoms with Gasteiger partial charge in [0.05, 0.1) is 24.2 Å². The Bertz CT molecular complexity index is 865. The van der Waals surface area contributed by atoms with Crippen LogP contribution in [-0.2, 0) is 9.53 Å². The number of methoxy groups -OCH3 is 1. The Morgan fingerprint density at radius 3 is 2.58 bits per heavy atom. The van der Waals surface area contributed by atoms with Gasteiger partial charge in [-0.15, -0.1) is 0 Å². The minimum Gasteiger partial charge on any atom is -0.384 e. The number of likely N-dealkylation sites (tertiary alicyclic amines) is 1. The lowest BCUT2D eigenvalue weighted by molar-refractivity contribution is -0.114. The van der Waals surface area contributed by atoms with E-state index >= 15 is 0 Å². The number of hydrogen-bond donors (Lipinski definition) is 4. The minimum atomic E-state index is -0.765. The van der Waals surface area contributed by atoms with Gasteiger partial charge in [-0.25, -0.2) is 4.39 Å². The van der Waals surface area contributed by atoms with Gasteiger partial charge in [0, 0.05) is 43.7 Å². The van der Waals surface area contributed by atoms with Gasteiger partial charge < -0.3 is 21.1 Å². The van der Waals surface area contributed by atoms with Crippen LogP contribution in [0.25, 0.3) is 0 Å². The van der Waals surface area contributed by atoms with Crippen LogP contribution >= 0.6 is 0 Å². The van der Waals surface area contributed by atoms with E-state index in [9.17, 15) is 14.4 Å². The van der Waals surface area contributed by atoms with Crippen molar-refractivity contribution in [1.29, 1.82) is 10.7 Å². The number of ether oxygens (including phenoxy) is 1. The number of nitrogens with two attached hydrogens (primary N) is 1. The molecule has 0 spiro atoms. The van der Waals surface area contributed by atoms with Crippen LogP contribution in [0.2, 0.25) is 0 Å². The Morgan fingerprint density at radius 1 is 1.39 bits per heavy atom. The Balaban J connectivity index is 1.64. The zero-order valence-corrected chi connectivity index (χ0v) is 17.7. The molecule has 1 heterocycles. The molecule has 2 fully saturated rings. The van der Waals surface area contributed by atoms with E-state index in [2.05, 4.69) is 21.6 Å². The lowest BCUT2D eigenvalue weighted by Crippen LogP contribution is -2.58. The Morgan fingerprint density at radius 2 is 2.03 bits per heavy atom. The van der Waals surface area contributed by atoms with Crippen molar-refractivity contribution >= 4 is 17.4 Å². The Hall–Kier alpha value is -2.96. The van der Waals surface area contributed by atoms with E-state index < -0.39 is 17.3 Å². The van der Waals surface area contributed by atoms with Crippen molar-refractivity contribution in [3.05, 3.63) is 41.9 Å². The molecule has 0 radical (unpaired) electrons. The smallest absolute Gasteiger partial charge is 0.253 e. The van der Waals surface area contributed by atoms with Crippen LogP contribution in [-0.4, -0.2) is 54.5 Å². The Kier molecular flexibility index (Phi) is 7.25. The number of amides is 1. The number of halogens is 1. The molecule has 0 unspecified atom stereocenters. The molecule has 1 amide bonds. The van der Waals surface area contributed by atoms with E-state index in [4.69, 9.17) is 15.9 Å². The zero-order chi connectivity index (χ0) is 22.4. The standard InChI is InChI=1S/C22H29FN6O2/c1-31-18-13-29(14-18)17-6-8-22(9-7-17,10-11-24)27-12-19(21(26)30)20(25)28-16-4-2-15(23)3-5-16/h2-5,12,17-18,27H,6-10,13-14H2,1H3,(H2,25,28)(H2,26,30)/b19-12+. The monoisotopic (exact) mass is 428 g/mol. The van der Waals surface area contributed by atoms with E-state index in [1.54, 1.807) is 7.11 Å². The van der Waals surface area contributed by atoms with Gasteiger partial charge in [-0.1, -0.05) is 0 Å². The number of carbonyl (C=O) groups is 1. The average molecular weight is 429 g/mol. The number of nitrogens with zero attached hydrogens (tertiary/aromatic N) is 2. The first-order valence-electron chi connectivity index (χ1n) is 10.4. The molecule has 0 bridgehead atoms. The highest BCUT2D eigenvalue weighted by atomic mass is 19.1. The summed E-state index contributed by atoms with van der Waals surface area (Å²) in [5.41, 5.74) is 5.46. The molecule has 0 aromatic heterocycles. The highest BCUT2D eigenvalue weighted by molar-refractivity contribution is 6.23. The van der Waals surface area contributed by atoms with Crippen molar-refractivity contribution in [3.63, 3.8) is 0 Å². The molecular formula is C22H29FN6O2. The average Bonchev–Trinajstić information content (AvgIpc) is 2.70. The first kappa shape index (κ1) is 22.7. The van der Waals surface area contributed by atoms with Gasteiger partial charge in [0.25, 0.3) is 5.91 Å². The molecule has 1 saturated heterocycles. The van der Waals surface area contributed by atoms with Gasteiger partial charge in [-0.05, 0) is 49.9 Å². The fourth-order valence-corrected chi connectivity index (χ4v) is 4.20. The summed E-state index contributed by atoms with van der Waals surface area (Å²) in [5, 5.41) is 23.6. The first-order valence-corrected chi connectivity index (χ1v) is 10.4. The molecule has 3 rings (SSSR count). The van der Waals surface area contributed by atoms with Crippen LogP contribution in [0.4, 0.5) is 10.1 Å². The highest BCUT2D eigenvalue weighted by Gasteiger charge is 2.40. The molecule has 1 aromatic rings. The second-order valence-electron chi connectivity index (χ2n) is 8.23. The Labute approximate surface area is 181 Å². The van der Waals surface area contributed by atoms with Gasteiger partial charge in [0.15, 0.2) is 0 Å². The third kappa shape index (κ3) is 5.60.